The van der Waals surface area contributed by atoms with Crippen LogP contribution in [0.2, 0.25) is 0 Å². The van der Waals surface area contributed by atoms with Gasteiger partial charge in [0.1, 0.15) is 0 Å². The molecular weight excluding hydrogens is 214 g/mol. The molecule has 0 aromatic carbocycles. The molecule has 3 saturated heterocycles. The van der Waals surface area contributed by atoms with Gasteiger partial charge < -0.3 is 4.90 Å². The highest BCUT2D eigenvalue weighted by molar-refractivity contribution is 5.84. The summed E-state index contributed by atoms with van der Waals surface area (Å²) in [7, 11) is 0. The predicted octanol–water partition coefficient (Wildman–Crippen LogP) is 0.779. The maximum Gasteiger partial charge on any atom is 0.241 e. The third-order valence-corrected chi connectivity index (χ3v) is 4.75. The minimum Gasteiger partial charge on any atom is -0.321 e. The monoisotopic (exact) mass is 237 g/mol. The van der Waals surface area contributed by atoms with E-state index in [1.165, 1.54) is 32.4 Å². The van der Waals surface area contributed by atoms with Crippen LogP contribution in [0.5, 0.6) is 0 Å². The molecule has 3 heterocycles. The lowest BCUT2D eigenvalue weighted by atomic mass is 10.0. The Kier molecular flexibility index (Phi) is 2.87. The van der Waals surface area contributed by atoms with Crippen LogP contribution >= 0.6 is 0 Å². The van der Waals surface area contributed by atoms with Crippen LogP contribution in [0.25, 0.3) is 0 Å². The third kappa shape index (κ3) is 1.69. The highest BCUT2D eigenvalue weighted by Gasteiger charge is 2.47. The molecule has 0 aliphatic carbocycles. The van der Waals surface area contributed by atoms with Crippen LogP contribution in [-0.2, 0) is 4.79 Å². The second kappa shape index (κ2) is 4.25. The quantitative estimate of drug-likeness (QED) is 0.771. The highest BCUT2D eigenvalue weighted by Crippen LogP contribution is 2.33. The minimum atomic E-state index is 0.0560. The second-order valence-corrected chi connectivity index (χ2v) is 5.65. The molecular formula is C13H23N3O. The molecule has 3 rings (SSSR count). The molecule has 3 aliphatic heterocycles. The van der Waals surface area contributed by atoms with Crippen molar-refractivity contribution < 1.29 is 4.79 Å². The Morgan fingerprint density at radius 2 is 2.12 bits per heavy atom. The van der Waals surface area contributed by atoms with E-state index in [2.05, 4.69) is 29.0 Å². The Hall–Kier alpha value is -0.610. The van der Waals surface area contributed by atoms with Crippen molar-refractivity contribution in [1.29, 1.82) is 0 Å². The van der Waals surface area contributed by atoms with Gasteiger partial charge in [0.15, 0.2) is 0 Å². The molecule has 4 unspecified atom stereocenters. The van der Waals surface area contributed by atoms with E-state index in [9.17, 15) is 4.79 Å². The molecule has 0 saturated carbocycles. The second-order valence-electron chi connectivity index (χ2n) is 5.65. The number of rotatable bonds is 2. The first-order chi connectivity index (χ1) is 8.22. The Balaban J connectivity index is 1.77. The standard InChI is InChI=1S/C13H23N3O/c1-3-10-13(17)16(9(2)14-10)12-6-8-15-7-4-5-11(12)15/h9-12,14H,3-8H2,1-2H3. The Labute approximate surface area is 103 Å². The summed E-state index contributed by atoms with van der Waals surface area (Å²) >= 11 is 0. The fourth-order valence-electron chi connectivity index (χ4n) is 3.94. The molecule has 3 aliphatic rings. The van der Waals surface area contributed by atoms with Crippen molar-refractivity contribution in [2.24, 2.45) is 0 Å². The summed E-state index contributed by atoms with van der Waals surface area (Å²) in [5.74, 6) is 0.332. The molecule has 0 radical (unpaired) electrons. The third-order valence-electron chi connectivity index (χ3n) is 4.75. The van der Waals surface area contributed by atoms with Gasteiger partial charge >= 0.3 is 0 Å². The highest BCUT2D eigenvalue weighted by atomic mass is 16.2. The van der Waals surface area contributed by atoms with Crippen LogP contribution in [0.3, 0.4) is 0 Å². The first-order valence-corrected chi connectivity index (χ1v) is 7.04. The molecule has 0 spiro atoms. The van der Waals surface area contributed by atoms with E-state index in [1.807, 2.05) is 0 Å². The van der Waals surface area contributed by atoms with Gasteiger partial charge in [-0.25, -0.2) is 0 Å². The van der Waals surface area contributed by atoms with Gasteiger partial charge in [-0.15, -0.1) is 0 Å². The van der Waals surface area contributed by atoms with E-state index < -0.39 is 0 Å². The zero-order valence-corrected chi connectivity index (χ0v) is 10.9. The summed E-state index contributed by atoms with van der Waals surface area (Å²) in [6.45, 7) is 6.64. The number of carbonyl (C=O) groups is 1. The molecule has 0 bridgehead atoms. The number of hydrogen-bond acceptors (Lipinski definition) is 3. The van der Waals surface area contributed by atoms with Crippen molar-refractivity contribution in [1.82, 2.24) is 15.1 Å². The van der Waals surface area contributed by atoms with E-state index >= 15 is 0 Å². The van der Waals surface area contributed by atoms with Gasteiger partial charge in [-0.1, -0.05) is 6.92 Å². The minimum absolute atomic E-state index is 0.0560. The Bertz CT molecular complexity index is 320. The van der Waals surface area contributed by atoms with E-state index in [0.29, 0.717) is 18.0 Å². The molecule has 4 atom stereocenters. The van der Waals surface area contributed by atoms with Gasteiger partial charge in [-0.05, 0) is 39.2 Å². The van der Waals surface area contributed by atoms with Gasteiger partial charge in [0.05, 0.1) is 18.2 Å². The molecule has 1 amide bonds. The van der Waals surface area contributed by atoms with E-state index in [-0.39, 0.29) is 12.2 Å². The van der Waals surface area contributed by atoms with Crippen LogP contribution in [0, 0.1) is 0 Å². The predicted molar refractivity (Wildman–Crippen MR) is 66.5 cm³/mol. The average Bonchev–Trinajstić information content (AvgIpc) is 2.95. The molecule has 3 fully saturated rings. The molecule has 96 valence electrons. The lowest BCUT2D eigenvalue weighted by molar-refractivity contribution is -0.132. The zero-order valence-electron chi connectivity index (χ0n) is 10.9. The molecule has 4 nitrogen and oxygen atoms in total. The SMILES string of the molecule is CCC1NC(C)N(C2CCN3CCCC23)C1=O. The van der Waals surface area contributed by atoms with Crippen LogP contribution in [0.4, 0.5) is 0 Å². The molecule has 1 N–H and O–H groups in total. The lowest BCUT2D eigenvalue weighted by Crippen LogP contribution is -2.48. The number of nitrogens with one attached hydrogen (secondary N) is 1. The van der Waals surface area contributed by atoms with Gasteiger partial charge in [0.2, 0.25) is 5.91 Å². The van der Waals surface area contributed by atoms with E-state index in [4.69, 9.17) is 0 Å². The number of carbonyl (C=O) groups excluding carboxylic acids is 1. The lowest BCUT2D eigenvalue weighted by Gasteiger charge is -2.32. The number of hydrogen-bond donors (Lipinski definition) is 1. The number of amides is 1. The van der Waals surface area contributed by atoms with Gasteiger partial charge in [0.25, 0.3) is 0 Å². The molecule has 4 heteroatoms. The van der Waals surface area contributed by atoms with Crippen molar-refractivity contribution in [2.75, 3.05) is 13.1 Å². The normalized spacial score (nSPS) is 42.5. The molecule has 0 aromatic heterocycles. The van der Waals surface area contributed by atoms with Crippen molar-refractivity contribution in [2.45, 2.75) is 63.8 Å². The summed E-state index contributed by atoms with van der Waals surface area (Å²) < 4.78 is 0. The van der Waals surface area contributed by atoms with Crippen LogP contribution in [-0.4, -0.2) is 53.1 Å². The molecule has 17 heavy (non-hydrogen) atoms. The maximum absolute atomic E-state index is 12.4. The fraction of sp³-hybridized carbons (Fsp3) is 0.923. The van der Waals surface area contributed by atoms with E-state index in [1.54, 1.807) is 0 Å². The number of nitrogens with zero attached hydrogens (tertiary/aromatic N) is 2. The Morgan fingerprint density at radius 3 is 2.82 bits per heavy atom. The molecule has 0 aromatic rings. The van der Waals surface area contributed by atoms with Crippen molar-refractivity contribution in [3.05, 3.63) is 0 Å². The maximum atomic E-state index is 12.4. The van der Waals surface area contributed by atoms with E-state index in [0.717, 1.165) is 6.42 Å². The van der Waals surface area contributed by atoms with Crippen LogP contribution in [0.15, 0.2) is 0 Å². The first-order valence-electron chi connectivity index (χ1n) is 7.04. The summed E-state index contributed by atoms with van der Waals surface area (Å²) in [6, 6.07) is 1.16. The summed E-state index contributed by atoms with van der Waals surface area (Å²) in [5.41, 5.74) is 0. The smallest absolute Gasteiger partial charge is 0.241 e. The topological polar surface area (TPSA) is 35.6 Å². The van der Waals surface area contributed by atoms with Crippen molar-refractivity contribution in [3.63, 3.8) is 0 Å². The fourth-order valence-corrected chi connectivity index (χ4v) is 3.94. The van der Waals surface area contributed by atoms with Gasteiger partial charge in [-0.3, -0.25) is 15.0 Å². The average molecular weight is 237 g/mol. The summed E-state index contributed by atoms with van der Waals surface area (Å²) in [4.78, 5) is 17.1. The summed E-state index contributed by atoms with van der Waals surface area (Å²) in [6.07, 6.45) is 4.87. The summed E-state index contributed by atoms with van der Waals surface area (Å²) in [5, 5.41) is 3.42. The van der Waals surface area contributed by atoms with Crippen molar-refractivity contribution in [3.8, 4) is 0 Å². The van der Waals surface area contributed by atoms with Crippen molar-refractivity contribution >= 4 is 5.91 Å². The number of fused-ring (bicyclic) bond motifs is 1. The van der Waals surface area contributed by atoms with Crippen LogP contribution in [0.1, 0.15) is 39.5 Å². The largest absolute Gasteiger partial charge is 0.321 e. The van der Waals surface area contributed by atoms with Gasteiger partial charge in [0, 0.05) is 12.6 Å². The Morgan fingerprint density at radius 1 is 1.29 bits per heavy atom. The zero-order chi connectivity index (χ0) is 12.0. The van der Waals surface area contributed by atoms with Crippen LogP contribution < -0.4 is 5.32 Å². The van der Waals surface area contributed by atoms with Gasteiger partial charge in [-0.2, -0.15) is 0 Å². The first kappa shape index (κ1) is 11.5.